The molecule has 2 aromatic rings. The first-order chi connectivity index (χ1) is 11.1. The highest BCUT2D eigenvalue weighted by Gasteiger charge is 2.23. The summed E-state index contributed by atoms with van der Waals surface area (Å²) >= 11 is 0. The van der Waals surface area contributed by atoms with E-state index in [9.17, 15) is 9.59 Å². The van der Waals surface area contributed by atoms with E-state index < -0.39 is 0 Å². The highest BCUT2D eigenvalue weighted by Crippen LogP contribution is 2.23. The van der Waals surface area contributed by atoms with Crippen molar-refractivity contribution in [3.63, 3.8) is 0 Å². The quantitative estimate of drug-likeness (QED) is 0.914. The van der Waals surface area contributed by atoms with Gasteiger partial charge in [0.2, 0.25) is 5.76 Å². The van der Waals surface area contributed by atoms with Crippen molar-refractivity contribution in [1.82, 2.24) is 20.0 Å². The molecule has 0 fully saturated rings. The number of carbonyl (C=O) groups excluding carboxylic acids is 1. The molecule has 0 saturated heterocycles. The summed E-state index contributed by atoms with van der Waals surface area (Å²) in [5.41, 5.74) is 3.05. The minimum atomic E-state index is -0.297. The van der Waals surface area contributed by atoms with Crippen LogP contribution in [-0.4, -0.2) is 27.2 Å². The number of nitrogens with one attached hydrogen (secondary N) is 1. The summed E-state index contributed by atoms with van der Waals surface area (Å²) in [6, 6.07) is 1.84. The molecule has 1 amide bonds. The second-order valence-corrected chi connectivity index (χ2v) is 5.87. The molecular formula is C16H20N4O3. The fourth-order valence-corrected chi connectivity index (χ4v) is 2.98. The van der Waals surface area contributed by atoms with Crippen LogP contribution < -0.4 is 11.0 Å². The van der Waals surface area contributed by atoms with Gasteiger partial charge < -0.3 is 9.84 Å². The third-order valence-corrected chi connectivity index (χ3v) is 4.13. The van der Waals surface area contributed by atoms with Gasteiger partial charge in [-0.2, -0.15) is 4.98 Å². The summed E-state index contributed by atoms with van der Waals surface area (Å²) in [6.45, 7) is 4.35. The van der Waals surface area contributed by atoms with Crippen LogP contribution in [-0.2, 0) is 19.4 Å². The molecule has 2 heterocycles. The van der Waals surface area contributed by atoms with Gasteiger partial charge in [-0.15, -0.1) is 0 Å². The Morgan fingerprint density at radius 1 is 1.35 bits per heavy atom. The van der Waals surface area contributed by atoms with Gasteiger partial charge in [0, 0.05) is 30.0 Å². The average Bonchev–Trinajstić information content (AvgIpc) is 2.93. The minimum absolute atomic E-state index is 0.272. The first kappa shape index (κ1) is 15.5. The number of amides is 1. The Hall–Kier alpha value is -2.44. The Morgan fingerprint density at radius 2 is 2.13 bits per heavy atom. The van der Waals surface area contributed by atoms with E-state index in [0.717, 1.165) is 42.6 Å². The molecule has 1 aliphatic carbocycles. The topological polar surface area (TPSA) is 90.0 Å². The van der Waals surface area contributed by atoms with Crippen molar-refractivity contribution in [2.75, 3.05) is 6.54 Å². The first-order valence-electron chi connectivity index (χ1n) is 7.87. The molecule has 0 aliphatic heterocycles. The SMILES string of the molecule is Cc1cc(C)n(CCNC(=O)c2onc3c2CCCC3)c(=O)n1. The number of aromatic nitrogens is 3. The number of aryl methyl sites for hydroxylation is 3. The Balaban J connectivity index is 1.64. The zero-order valence-corrected chi connectivity index (χ0v) is 13.4. The lowest BCUT2D eigenvalue weighted by molar-refractivity contribution is 0.0913. The van der Waals surface area contributed by atoms with Gasteiger partial charge in [-0.25, -0.2) is 4.79 Å². The van der Waals surface area contributed by atoms with Gasteiger partial charge in [0.25, 0.3) is 5.91 Å². The maximum Gasteiger partial charge on any atom is 0.348 e. The average molecular weight is 316 g/mol. The molecule has 1 N–H and O–H groups in total. The van der Waals surface area contributed by atoms with E-state index in [1.807, 2.05) is 13.0 Å². The van der Waals surface area contributed by atoms with E-state index in [1.165, 1.54) is 0 Å². The molecular weight excluding hydrogens is 296 g/mol. The summed E-state index contributed by atoms with van der Waals surface area (Å²) in [6.07, 6.45) is 3.85. The molecule has 1 aliphatic rings. The van der Waals surface area contributed by atoms with Gasteiger partial charge >= 0.3 is 5.69 Å². The predicted octanol–water partition coefficient (Wildman–Crippen LogP) is 1.16. The Kier molecular flexibility index (Phi) is 4.27. The first-order valence-corrected chi connectivity index (χ1v) is 7.87. The molecule has 0 bridgehead atoms. The zero-order valence-electron chi connectivity index (χ0n) is 13.4. The number of hydrogen-bond acceptors (Lipinski definition) is 5. The minimum Gasteiger partial charge on any atom is -0.350 e. The van der Waals surface area contributed by atoms with Crippen LogP contribution in [0.3, 0.4) is 0 Å². The molecule has 0 atom stereocenters. The van der Waals surface area contributed by atoms with E-state index in [4.69, 9.17) is 4.52 Å². The van der Waals surface area contributed by atoms with Gasteiger partial charge in [-0.05, 0) is 45.6 Å². The van der Waals surface area contributed by atoms with Crippen molar-refractivity contribution < 1.29 is 9.32 Å². The largest absolute Gasteiger partial charge is 0.350 e. The Bertz CT molecular complexity index is 791. The van der Waals surface area contributed by atoms with Crippen LogP contribution in [0.5, 0.6) is 0 Å². The fraction of sp³-hybridized carbons (Fsp3) is 0.500. The van der Waals surface area contributed by atoms with Crippen LogP contribution in [0.1, 0.15) is 46.0 Å². The third kappa shape index (κ3) is 3.18. The molecule has 0 unspecified atom stereocenters. The predicted molar refractivity (Wildman–Crippen MR) is 83.4 cm³/mol. The van der Waals surface area contributed by atoms with Crippen LogP contribution in [0.25, 0.3) is 0 Å². The van der Waals surface area contributed by atoms with E-state index in [0.29, 0.717) is 24.5 Å². The summed E-state index contributed by atoms with van der Waals surface area (Å²) in [7, 11) is 0. The molecule has 122 valence electrons. The maximum atomic E-state index is 12.2. The van der Waals surface area contributed by atoms with Gasteiger partial charge in [-0.1, -0.05) is 5.16 Å². The number of fused-ring (bicyclic) bond motifs is 1. The van der Waals surface area contributed by atoms with Gasteiger partial charge in [0.1, 0.15) is 0 Å². The summed E-state index contributed by atoms with van der Waals surface area (Å²) in [5, 5.41) is 6.77. The number of rotatable bonds is 4. The van der Waals surface area contributed by atoms with Crippen LogP contribution in [0.15, 0.2) is 15.4 Å². The van der Waals surface area contributed by atoms with Crippen molar-refractivity contribution >= 4 is 5.91 Å². The second kappa shape index (κ2) is 6.36. The van der Waals surface area contributed by atoms with Crippen molar-refractivity contribution in [1.29, 1.82) is 0 Å². The van der Waals surface area contributed by atoms with Gasteiger partial charge in [0.05, 0.1) is 5.69 Å². The number of hydrogen-bond donors (Lipinski definition) is 1. The normalized spacial score (nSPS) is 13.7. The molecule has 0 spiro atoms. The summed E-state index contributed by atoms with van der Waals surface area (Å²) < 4.78 is 6.75. The van der Waals surface area contributed by atoms with Crippen molar-refractivity contribution in [2.45, 2.75) is 46.1 Å². The molecule has 2 aromatic heterocycles. The highest BCUT2D eigenvalue weighted by molar-refractivity contribution is 5.93. The van der Waals surface area contributed by atoms with Crippen molar-refractivity contribution in [3.05, 3.63) is 45.0 Å². The maximum absolute atomic E-state index is 12.2. The smallest absolute Gasteiger partial charge is 0.348 e. The lowest BCUT2D eigenvalue weighted by Crippen LogP contribution is -2.33. The standard InChI is InChI=1S/C16H20N4O3/c1-10-9-11(2)20(16(22)18-10)8-7-17-15(21)14-12-5-3-4-6-13(12)19-23-14/h9H,3-8H2,1-2H3,(H,17,21). The molecule has 3 rings (SSSR count). The van der Waals surface area contributed by atoms with E-state index in [1.54, 1.807) is 11.5 Å². The number of nitrogens with zero attached hydrogens (tertiary/aromatic N) is 3. The van der Waals surface area contributed by atoms with E-state index >= 15 is 0 Å². The highest BCUT2D eigenvalue weighted by atomic mass is 16.5. The summed E-state index contributed by atoms with van der Waals surface area (Å²) in [4.78, 5) is 28.0. The molecule has 7 heteroatoms. The molecule has 0 radical (unpaired) electrons. The molecule has 7 nitrogen and oxygen atoms in total. The second-order valence-electron chi connectivity index (χ2n) is 5.87. The lowest BCUT2D eigenvalue weighted by Gasteiger charge is -2.11. The molecule has 0 aromatic carbocycles. The van der Waals surface area contributed by atoms with E-state index in [2.05, 4.69) is 15.5 Å². The Morgan fingerprint density at radius 3 is 2.91 bits per heavy atom. The van der Waals surface area contributed by atoms with E-state index in [-0.39, 0.29) is 11.6 Å². The van der Waals surface area contributed by atoms with Crippen molar-refractivity contribution in [3.8, 4) is 0 Å². The summed E-state index contributed by atoms with van der Waals surface area (Å²) in [5.74, 6) is 0.0391. The van der Waals surface area contributed by atoms with Crippen LogP contribution in [0, 0.1) is 13.8 Å². The molecule has 0 saturated carbocycles. The monoisotopic (exact) mass is 316 g/mol. The van der Waals surface area contributed by atoms with Crippen LogP contribution in [0.2, 0.25) is 0 Å². The third-order valence-electron chi connectivity index (χ3n) is 4.13. The fourth-order valence-electron chi connectivity index (χ4n) is 2.98. The molecule has 23 heavy (non-hydrogen) atoms. The van der Waals surface area contributed by atoms with Crippen LogP contribution in [0.4, 0.5) is 0 Å². The van der Waals surface area contributed by atoms with Crippen molar-refractivity contribution in [2.24, 2.45) is 0 Å². The van der Waals surface area contributed by atoms with Gasteiger partial charge in [0.15, 0.2) is 0 Å². The lowest BCUT2D eigenvalue weighted by atomic mass is 9.96. The zero-order chi connectivity index (χ0) is 16.4. The van der Waals surface area contributed by atoms with Gasteiger partial charge in [-0.3, -0.25) is 9.36 Å². The van der Waals surface area contributed by atoms with Crippen LogP contribution >= 0.6 is 0 Å². The Labute approximate surface area is 133 Å². The number of carbonyl (C=O) groups is 1.